The van der Waals surface area contributed by atoms with Gasteiger partial charge in [-0.3, -0.25) is 4.79 Å². The van der Waals surface area contributed by atoms with Gasteiger partial charge >= 0.3 is 0 Å². The molecule has 0 atom stereocenters. The number of carbonyl (C=O) groups excluding carboxylic acids is 1. The van der Waals surface area contributed by atoms with Crippen LogP contribution in [0.25, 0.3) is 0 Å². The van der Waals surface area contributed by atoms with Crippen LogP contribution in [0, 0.1) is 0 Å². The fourth-order valence-electron chi connectivity index (χ4n) is 1.60. The summed E-state index contributed by atoms with van der Waals surface area (Å²) in [6, 6.07) is 3.89. The third-order valence-electron chi connectivity index (χ3n) is 2.94. The topological polar surface area (TPSA) is 45.2 Å². The van der Waals surface area contributed by atoms with Crippen molar-refractivity contribution < 1.29 is 4.79 Å². The number of hydrogen-bond donors (Lipinski definition) is 1. The highest BCUT2D eigenvalue weighted by Crippen LogP contribution is 2.14. The molecule has 0 aromatic carbocycles. The Morgan fingerprint density at radius 1 is 1.39 bits per heavy atom. The summed E-state index contributed by atoms with van der Waals surface area (Å²) in [7, 11) is 1.83. The van der Waals surface area contributed by atoms with Crippen LogP contribution in [0.2, 0.25) is 0 Å². The molecule has 0 fully saturated rings. The van der Waals surface area contributed by atoms with Gasteiger partial charge in [0.2, 0.25) is 0 Å². The van der Waals surface area contributed by atoms with Crippen LogP contribution >= 0.6 is 0 Å². The molecule has 4 nitrogen and oxygen atoms in total. The zero-order valence-electron chi connectivity index (χ0n) is 11.9. The van der Waals surface area contributed by atoms with Crippen molar-refractivity contribution in [2.75, 3.05) is 18.9 Å². The maximum Gasteiger partial charge on any atom is 0.254 e. The highest BCUT2D eigenvalue weighted by Gasteiger charge is 2.16. The quantitative estimate of drug-likeness (QED) is 0.872. The van der Waals surface area contributed by atoms with Crippen LogP contribution in [-0.2, 0) is 6.42 Å². The number of amides is 1. The maximum atomic E-state index is 12.3. The lowest BCUT2D eigenvalue weighted by Gasteiger charge is -2.22. The van der Waals surface area contributed by atoms with Crippen molar-refractivity contribution in [3.05, 3.63) is 23.4 Å². The minimum Gasteiger partial charge on any atom is -0.370 e. The number of nitrogens with one attached hydrogen (secondary N) is 1. The van der Waals surface area contributed by atoms with Crippen molar-refractivity contribution in [3.8, 4) is 0 Å². The highest BCUT2D eigenvalue weighted by molar-refractivity contribution is 5.95. The van der Waals surface area contributed by atoms with Crippen molar-refractivity contribution in [1.29, 1.82) is 0 Å². The van der Waals surface area contributed by atoms with Gasteiger partial charge in [-0.1, -0.05) is 6.92 Å². The number of anilines is 1. The van der Waals surface area contributed by atoms with Gasteiger partial charge < -0.3 is 10.2 Å². The van der Waals surface area contributed by atoms with E-state index in [0.717, 1.165) is 24.5 Å². The molecule has 1 aromatic heterocycles. The molecule has 1 N–H and O–H groups in total. The largest absolute Gasteiger partial charge is 0.370 e. The molecule has 0 unspecified atom stereocenters. The summed E-state index contributed by atoms with van der Waals surface area (Å²) in [6.07, 6.45) is 0.824. The molecule has 0 aliphatic heterocycles. The summed E-state index contributed by atoms with van der Waals surface area (Å²) >= 11 is 0. The van der Waals surface area contributed by atoms with E-state index in [1.54, 1.807) is 4.90 Å². The van der Waals surface area contributed by atoms with Crippen LogP contribution in [0.4, 0.5) is 5.82 Å². The lowest BCUT2D eigenvalue weighted by atomic mass is 10.1. The summed E-state index contributed by atoms with van der Waals surface area (Å²) in [5, 5.41) is 3.16. The Morgan fingerprint density at radius 3 is 2.56 bits per heavy atom. The van der Waals surface area contributed by atoms with E-state index in [0.29, 0.717) is 5.56 Å². The van der Waals surface area contributed by atoms with E-state index < -0.39 is 0 Å². The number of aromatic nitrogens is 1. The van der Waals surface area contributed by atoms with Crippen LogP contribution in [0.3, 0.4) is 0 Å². The molecule has 0 spiro atoms. The number of hydrogen-bond acceptors (Lipinski definition) is 3. The van der Waals surface area contributed by atoms with E-state index in [4.69, 9.17) is 0 Å². The Bertz CT molecular complexity index is 416. The average molecular weight is 249 g/mol. The molecule has 0 bridgehead atoms. The molecule has 4 heteroatoms. The second-order valence-electron chi connectivity index (χ2n) is 4.63. The Labute approximate surface area is 109 Å². The van der Waals surface area contributed by atoms with Gasteiger partial charge in [0.05, 0.1) is 0 Å². The average Bonchev–Trinajstić information content (AvgIpc) is 2.36. The first kappa shape index (κ1) is 14.5. The Hall–Kier alpha value is -1.58. The molecule has 100 valence electrons. The molecule has 0 saturated carbocycles. The minimum atomic E-state index is 0.0428. The summed E-state index contributed by atoms with van der Waals surface area (Å²) in [6.45, 7) is 8.87. The van der Waals surface area contributed by atoms with Crippen molar-refractivity contribution in [3.63, 3.8) is 0 Å². The molecular formula is C14H23N3O. The van der Waals surface area contributed by atoms with Crippen molar-refractivity contribution in [2.45, 2.75) is 40.2 Å². The zero-order chi connectivity index (χ0) is 13.7. The summed E-state index contributed by atoms with van der Waals surface area (Å²) in [5.74, 6) is 0.818. The molecule has 0 radical (unpaired) electrons. The van der Waals surface area contributed by atoms with Crippen molar-refractivity contribution >= 4 is 11.7 Å². The van der Waals surface area contributed by atoms with Gasteiger partial charge in [0.1, 0.15) is 5.82 Å². The molecule has 1 heterocycles. The van der Waals surface area contributed by atoms with E-state index in [9.17, 15) is 4.79 Å². The van der Waals surface area contributed by atoms with Gasteiger partial charge in [-0.05, 0) is 39.3 Å². The SMILES string of the molecule is CCNc1cc(C(=O)N(C)C(C)C)cc(CC)n1. The third-order valence-corrected chi connectivity index (χ3v) is 2.94. The lowest BCUT2D eigenvalue weighted by Crippen LogP contribution is -2.33. The van der Waals surface area contributed by atoms with Crippen molar-refractivity contribution in [1.82, 2.24) is 9.88 Å². The number of aryl methyl sites for hydroxylation is 1. The fraction of sp³-hybridized carbons (Fsp3) is 0.571. The van der Waals surface area contributed by atoms with Crippen LogP contribution in [0.1, 0.15) is 43.7 Å². The second kappa shape index (κ2) is 6.38. The Morgan fingerprint density at radius 2 is 2.06 bits per heavy atom. The molecule has 1 rings (SSSR count). The maximum absolute atomic E-state index is 12.3. The molecule has 0 aliphatic carbocycles. The van der Waals surface area contributed by atoms with Gasteiger partial charge in [-0.15, -0.1) is 0 Å². The van der Waals surface area contributed by atoms with Gasteiger partial charge in [0.25, 0.3) is 5.91 Å². The second-order valence-corrected chi connectivity index (χ2v) is 4.63. The van der Waals surface area contributed by atoms with E-state index in [1.807, 2.05) is 46.9 Å². The molecule has 0 aliphatic rings. The van der Waals surface area contributed by atoms with Gasteiger partial charge in [-0.25, -0.2) is 4.98 Å². The summed E-state index contributed by atoms with van der Waals surface area (Å²) in [5.41, 5.74) is 1.64. The van der Waals surface area contributed by atoms with Gasteiger partial charge in [0.15, 0.2) is 0 Å². The highest BCUT2D eigenvalue weighted by atomic mass is 16.2. The van der Waals surface area contributed by atoms with Crippen LogP contribution in [0.15, 0.2) is 12.1 Å². The third kappa shape index (κ3) is 3.45. The normalized spacial score (nSPS) is 10.6. The number of nitrogens with zero attached hydrogens (tertiary/aromatic N) is 2. The number of pyridine rings is 1. The fourth-order valence-corrected chi connectivity index (χ4v) is 1.60. The van der Waals surface area contributed by atoms with Crippen LogP contribution in [-0.4, -0.2) is 35.4 Å². The smallest absolute Gasteiger partial charge is 0.254 e. The van der Waals surface area contributed by atoms with Crippen LogP contribution in [0.5, 0.6) is 0 Å². The number of rotatable bonds is 5. The molecular weight excluding hydrogens is 226 g/mol. The predicted molar refractivity (Wildman–Crippen MR) is 75.0 cm³/mol. The molecule has 1 amide bonds. The zero-order valence-corrected chi connectivity index (χ0v) is 11.9. The first-order valence-corrected chi connectivity index (χ1v) is 6.51. The van der Waals surface area contributed by atoms with Crippen LogP contribution < -0.4 is 5.32 Å². The van der Waals surface area contributed by atoms with Gasteiger partial charge in [-0.2, -0.15) is 0 Å². The number of carbonyl (C=O) groups is 1. The van der Waals surface area contributed by atoms with E-state index >= 15 is 0 Å². The molecule has 1 aromatic rings. The van der Waals surface area contributed by atoms with Gasteiger partial charge in [0, 0.05) is 30.9 Å². The monoisotopic (exact) mass is 249 g/mol. The minimum absolute atomic E-state index is 0.0428. The summed E-state index contributed by atoms with van der Waals surface area (Å²) < 4.78 is 0. The standard InChI is InChI=1S/C14H23N3O/c1-6-12-8-11(9-13(16-12)15-7-2)14(18)17(5)10(3)4/h8-10H,6-7H2,1-5H3,(H,15,16). The lowest BCUT2D eigenvalue weighted by molar-refractivity contribution is 0.0754. The Balaban J connectivity index is 3.07. The van der Waals surface area contributed by atoms with Crippen molar-refractivity contribution in [2.24, 2.45) is 0 Å². The van der Waals surface area contributed by atoms with E-state index in [1.165, 1.54) is 0 Å². The molecule has 18 heavy (non-hydrogen) atoms. The first-order valence-electron chi connectivity index (χ1n) is 6.51. The summed E-state index contributed by atoms with van der Waals surface area (Å²) in [4.78, 5) is 18.5. The van der Waals surface area contributed by atoms with E-state index in [2.05, 4.69) is 10.3 Å². The van der Waals surface area contributed by atoms with E-state index in [-0.39, 0.29) is 11.9 Å². The molecule has 0 saturated heterocycles. The predicted octanol–water partition coefficient (Wildman–Crippen LogP) is 2.56. The Kier molecular flexibility index (Phi) is 5.13. The first-order chi connectivity index (χ1) is 8.49.